The van der Waals surface area contributed by atoms with Crippen LogP contribution in [0.3, 0.4) is 0 Å². The van der Waals surface area contributed by atoms with E-state index in [4.69, 9.17) is 0 Å². The zero-order valence-corrected chi connectivity index (χ0v) is 22.7. The zero-order chi connectivity index (χ0) is 19.3. The van der Waals surface area contributed by atoms with Gasteiger partial charge in [0.25, 0.3) is 0 Å². The normalized spacial score (nSPS) is 12.9. The summed E-state index contributed by atoms with van der Waals surface area (Å²) in [5.74, 6) is 0. The van der Waals surface area contributed by atoms with Gasteiger partial charge >= 0.3 is 30.2 Å². The molecule has 0 radical (unpaired) electrons. The fraction of sp³-hybridized carbons (Fsp3) is 0.320. The van der Waals surface area contributed by atoms with Gasteiger partial charge in [-0.2, -0.15) is 71.1 Å². The van der Waals surface area contributed by atoms with Crippen LogP contribution >= 0.6 is 24.8 Å². The molecule has 2 aliphatic carbocycles. The second-order valence-corrected chi connectivity index (χ2v) is 7.05. The number of halogens is 2. The van der Waals surface area contributed by atoms with Gasteiger partial charge in [-0.1, -0.05) is 57.4 Å². The molecule has 0 saturated carbocycles. The Balaban J connectivity index is 0.000000379. The Bertz CT molecular complexity index is 677. The molecule has 0 aliphatic heterocycles. The van der Waals surface area contributed by atoms with Crippen molar-refractivity contribution in [2.75, 3.05) is 0 Å². The van der Waals surface area contributed by atoms with Crippen LogP contribution in [-0.2, 0) is 49.0 Å². The van der Waals surface area contributed by atoms with Gasteiger partial charge in [0.05, 0.1) is 0 Å². The van der Waals surface area contributed by atoms with Gasteiger partial charge in [0.1, 0.15) is 0 Å². The summed E-state index contributed by atoms with van der Waals surface area (Å²) >= 11 is 1.58. The fourth-order valence-electron chi connectivity index (χ4n) is 3.70. The quantitative estimate of drug-likeness (QED) is 0.238. The van der Waals surface area contributed by atoms with Crippen LogP contribution in [-0.4, -0.2) is 6.88 Å². The van der Waals surface area contributed by atoms with Gasteiger partial charge in [-0.05, 0) is 0 Å². The van der Waals surface area contributed by atoms with Crippen LogP contribution < -0.4 is 0 Å². The van der Waals surface area contributed by atoms with E-state index in [-0.39, 0.29) is 24.8 Å². The topological polar surface area (TPSA) is 0 Å². The number of hydrogen-bond acceptors (Lipinski definition) is 0. The molecule has 0 N–H and O–H groups in total. The Morgan fingerprint density at radius 2 is 1.07 bits per heavy atom. The smallest absolute Gasteiger partial charge is 0.0512 e. The molecule has 4 heteroatoms. The number of hydrogen-bond donors (Lipinski definition) is 0. The summed E-state index contributed by atoms with van der Waals surface area (Å²) in [4.78, 5) is 0. The minimum atomic E-state index is 0. The average molecular weight is 524 g/mol. The first-order chi connectivity index (χ1) is 13.3. The summed E-state index contributed by atoms with van der Waals surface area (Å²) < 4.78 is 0. The maximum Gasteiger partial charge on any atom is -0.0512 e. The molecule has 0 heterocycles. The molecule has 0 saturated heterocycles. The first kappa shape index (κ1) is 28.5. The molecule has 0 fully saturated rings. The minimum Gasteiger partial charge on any atom is -0.210 e. The van der Waals surface area contributed by atoms with Gasteiger partial charge in [0.15, 0.2) is 0 Å². The van der Waals surface area contributed by atoms with Crippen LogP contribution in [0.2, 0.25) is 0 Å². The molecule has 0 bridgehead atoms. The van der Waals surface area contributed by atoms with Gasteiger partial charge in [-0.25, -0.2) is 12.1 Å². The van der Waals surface area contributed by atoms with Crippen LogP contribution in [0.1, 0.15) is 53.5 Å². The van der Waals surface area contributed by atoms with Crippen molar-refractivity contribution in [1.29, 1.82) is 0 Å². The number of benzene rings is 1. The van der Waals surface area contributed by atoms with E-state index in [1.165, 1.54) is 51.4 Å². The van der Waals surface area contributed by atoms with Crippen molar-refractivity contribution >= 4 is 31.7 Å². The Labute approximate surface area is 206 Å². The van der Waals surface area contributed by atoms with Crippen molar-refractivity contribution < 1.29 is 23.3 Å². The molecule has 158 valence electrons. The van der Waals surface area contributed by atoms with E-state index in [1.54, 1.807) is 45.6 Å². The molecule has 0 unspecified atom stereocenters. The molecule has 0 atom stereocenters. The van der Waals surface area contributed by atoms with Gasteiger partial charge in [-0.15, -0.1) is 36.9 Å². The first-order valence-corrected chi connectivity index (χ1v) is 15.9. The molecule has 0 spiro atoms. The van der Waals surface area contributed by atoms with E-state index >= 15 is 0 Å². The van der Waals surface area contributed by atoms with E-state index < -0.39 is 0 Å². The van der Waals surface area contributed by atoms with Gasteiger partial charge in [-0.3, -0.25) is 0 Å². The van der Waals surface area contributed by atoms with Crippen LogP contribution in [0.15, 0.2) is 66.7 Å². The molecule has 2 aliphatic rings. The largest absolute Gasteiger partial charge is 0.210 e. The standard InChI is InChI=1S/2C9H11.C7H7.2ClH.H2Si.Zr/c2*1-2-5-9-7-3-6-8(9)4-1;1-7-5-3-2-4-6-7;;;;/h2*3,6-7H,1-2,4-5H2;2-6H,1H2;2*1H;1H2;/q3*-1;;;;. The van der Waals surface area contributed by atoms with Crippen molar-refractivity contribution in [3.05, 3.63) is 101 Å². The summed E-state index contributed by atoms with van der Waals surface area (Å²) in [6.45, 7) is 5.67. The van der Waals surface area contributed by atoms with Crippen LogP contribution in [0.5, 0.6) is 0 Å². The molecule has 3 aromatic carbocycles. The maximum absolute atomic E-state index is 3.72. The van der Waals surface area contributed by atoms with Crippen molar-refractivity contribution in [1.82, 2.24) is 0 Å². The summed E-state index contributed by atoms with van der Waals surface area (Å²) in [6, 6.07) is 23.3. The van der Waals surface area contributed by atoms with Crippen molar-refractivity contribution in [3.8, 4) is 0 Å². The molecule has 29 heavy (non-hydrogen) atoms. The zero-order valence-electron chi connectivity index (χ0n) is 17.2. The third-order valence-electron chi connectivity index (χ3n) is 5.14. The Kier molecular flexibility index (Phi) is 16.9. The monoisotopic (exact) mass is 521 g/mol. The molecular weight excluding hydrogens is 490 g/mol. The summed E-state index contributed by atoms with van der Waals surface area (Å²) in [7, 11) is 0. The second kappa shape index (κ2) is 17.2. The molecule has 0 aromatic heterocycles. The summed E-state index contributed by atoms with van der Waals surface area (Å²) in [5.41, 5.74) is 7.47. The Morgan fingerprint density at radius 3 is 1.41 bits per heavy atom. The van der Waals surface area contributed by atoms with Crippen LogP contribution in [0, 0.1) is 6.92 Å². The van der Waals surface area contributed by atoms with E-state index in [2.05, 4.69) is 43.3 Å². The van der Waals surface area contributed by atoms with Gasteiger partial charge in [0.2, 0.25) is 0 Å². The Morgan fingerprint density at radius 1 is 0.655 bits per heavy atom. The van der Waals surface area contributed by atoms with E-state index in [1.807, 2.05) is 37.2 Å². The average Bonchev–Trinajstić information content (AvgIpc) is 3.40. The van der Waals surface area contributed by atoms with Crippen molar-refractivity contribution in [2.24, 2.45) is 0 Å². The minimum absolute atomic E-state index is 0. The van der Waals surface area contributed by atoms with Crippen molar-refractivity contribution in [2.45, 2.75) is 51.4 Å². The Hall–Kier alpha value is -0.530. The van der Waals surface area contributed by atoms with Crippen LogP contribution in [0.25, 0.3) is 0 Å². The number of aryl methyl sites for hydroxylation is 4. The molecule has 0 nitrogen and oxygen atoms in total. The van der Waals surface area contributed by atoms with E-state index in [0.29, 0.717) is 0 Å². The van der Waals surface area contributed by atoms with Gasteiger partial charge in [0, 0.05) is 0 Å². The predicted molar refractivity (Wildman–Crippen MR) is 131 cm³/mol. The number of fused-ring (bicyclic) bond motifs is 2. The third-order valence-corrected chi connectivity index (χ3v) is 5.14. The third kappa shape index (κ3) is 10.4. The van der Waals surface area contributed by atoms with Crippen LogP contribution in [0.4, 0.5) is 0 Å². The molecular formula is C25H33Cl2SiZr-3. The second-order valence-electron chi connectivity index (χ2n) is 7.05. The number of rotatable bonds is 0. The SMILES string of the molecule is Cl.Cl.[CH2-]c1ccccc1.[SiH2]=[Zr].c1cc2c([cH-]1)CCCC2.c1cc2c([cH-]1)CCCC2. The predicted octanol–water partition coefficient (Wildman–Crippen LogP) is 6.36. The molecule has 5 rings (SSSR count). The first-order valence-electron chi connectivity index (χ1n) is 10.0. The fourth-order valence-corrected chi connectivity index (χ4v) is 3.70. The molecule has 0 amide bonds. The summed E-state index contributed by atoms with van der Waals surface area (Å²) in [5, 5.41) is 0. The van der Waals surface area contributed by atoms with E-state index in [9.17, 15) is 0 Å². The van der Waals surface area contributed by atoms with Crippen molar-refractivity contribution in [3.63, 3.8) is 0 Å². The maximum atomic E-state index is 3.72. The van der Waals surface area contributed by atoms with E-state index in [0.717, 1.165) is 5.56 Å². The summed E-state index contributed by atoms with van der Waals surface area (Å²) in [6.07, 6.45) is 10.9. The van der Waals surface area contributed by atoms with Gasteiger partial charge < -0.3 is 0 Å². The molecule has 3 aromatic rings.